The van der Waals surface area contributed by atoms with Crippen LogP contribution in [0.4, 0.5) is 13.2 Å². The molecule has 166 valence electrons. The molecule has 5 rings (SSSR count). The Balaban J connectivity index is 1.68. The van der Waals surface area contributed by atoms with Gasteiger partial charge in [-0.3, -0.25) is 8.97 Å². The zero-order chi connectivity index (χ0) is 22.6. The van der Waals surface area contributed by atoms with Crippen LogP contribution >= 0.6 is 15.9 Å². The fourth-order valence-corrected chi connectivity index (χ4v) is 4.93. The third kappa shape index (κ3) is 3.46. The lowest BCUT2D eigenvalue weighted by Gasteiger charge is -2.33. The van der Waals surface area contributed by atoms with Gasteiger partial charge in [0.2, 0.25) is 0 Å². The number of aryl methyl sites for hydroxylation is 1. The predicted octanol–water partition coefficient (Wildman–Crippen LogP) is 4.93. The maximum absolute atomic E-state index is 13.5. The molecule has 1 aromatic carbocycles. The Hall–Kier alpha value is -2.88. The second-order valence-electron chi connectivity index (χ2n) is 8.17. The summed E-state index contributed by atoms with van der Waals surface area (Å²) in [6.45, 7) is 0. The van der Waals surface area contributed by atoms with Crippen LogP contribution in [-0.2, 0) is 13.2 Å². The minimum absolute atomic E-state index is 0.0223. The van der Waals surface area contributed by atoms with Crippen LogP contribution in [0.1, 0.15) is 42.1 Å². The molecule has 0 amide bonds. The number of nitrogens with zero attached hydrogens (tertiary/aromatic N) is 5. The average molecular weight is 506 g/mol. The van der Waals surface area contributed by atoms with Crippen LogP contribution in [0.2, 0.25) is 0 Å². The van der Waals surface area contributed by atoms with Crippen molar-refractivity contribution in [1.82, 2.24) is 23.7 Å². The van der Waals surface area contributed by atoms with E-state index in [1.807, 2.05) is 23.7 Å². The quantitative estimate of drug-likeness (QED) is 0.395. The first-order chi connectivity index (χ1) is 15.2. The van der Waals surface area contributed by atoms with Crippen LogP contribution < -0.4 is 5.69 Å². The van der Waals surface area contributed by atoms with Crippen molar-refractivity contribution in [3.8, 4) is 5.69 Å². The van der Waals surface area contributed by atoms with Crippen LogP contribution in [0.5, 0.6) is 0 Å². The molecule has 10 heteroatoms. The van der Waals surface area contributed by atoms with Gasteiger partial charge in [0, 0.05) is 29.8 Å². The van der Waals surface area contributed by atoms with E-state index in [4.69, 9.17) is 0 Å². The van der Waals surface area contributed by atoms with Gasteiger partial charge in [0.1, 0.15) is 12.2 Å². The maximum Gasteiger partial charge on any atom is 0.418 e. The van der Waals surface area contributed by atoms with Crippen molar-refractivity contribution in [3.63, 3.8) is 0 Å². The third-order valence-electron chi connectivity index (χ3n) is 6.19. The number of pyridine rings is 1. The Morgan fingerprint density at radius 3 is 2.62 bits per heavy atom. The maximum atomic E-state index is 13.5. The van der Waals surface area contributed by atoms with Gasteiger partial charge in [-0.1, -0.05) is 22.4 Å². The zero-order valence-corrected chi connectivity index (χ0v) is 18.6. The molecule has 4 aromatic rings. The molecule has 1 atom stereocenters. The van der Waals surface area contributed by atoms with Crippen LogP contribution in [-0.4, -0.2) is 23.7 Å². The summed E-state index contributed by atoms with van der Waals surface area (Å²) in [5.41, 5.74) is -0.169. The first-order valence-corrected chi connectivity index (χ1v) is 11.0. The van der Waals surface area contributed by atoms with E-state index in [0.717, 1.165) is 45.6 Å². The Kier molecular flexibility index (Phi) is 4.99. The fraction of sp³-hybridized carbons (Fsp3) is 0.318. The van der Waals surface area contributed by atoms with Crippen molar-refractivity contribution in [2.24, 2.45) is 13.0 Å². The minimum Gasteiger partial charge on any atom is -0.320 e. The number of imidazole rings is 1. The Labute approximate surface area is 189 Å². The molecule has 1 unspecified atom stereocenters. The van der Waals surface area contributed by atoms with Gasteiger partial charge in [-0.15, -0.1) is 10.2 Å². The number of alkyl halides is 3. The first-order valence-electron chi connectivity index (χ1n) is 10.2. The molecular weight excluding hydrogens is 487 g/mol. The summed E-state index contributed by atoms with van der Waals surface area (Å²) in [6, 6.07) is 7.77. The monoisotopic (exact) mass is 505 g/mol. The highest BCUT2D eigenvalue weighted by Crippen LogP contribution is 2.43. The van der Waals surface area contributed by atoms with E-state index in [-0.39, 0.29) is 11.4 Å². The van der Waals surface area contributed by atoms with Gasteiger partial charge in [-0.25, -0.2) is 4.79 Å². The Morgan fingerprint density at radius 2 is 2.00 bits per heavy atom. The number of halogens is 4. The van der Waals surface area contributed by atoms with Crippen molar-refractivity contribution >= 4 is 21.4 Å². The number of rotatable bonds is 4. The van der Waals surface area contributed by atoms with Gasteiger partial charge in [0.25, 0.3) is 0 Å². The fourth-order valence-electron chi connectivity index (χ4n) is 4.43. The number of hydrogen-bond acceptors (Lipinski definition) is 3. The van der Waals surface area contributed by atoms with E-state index in [1.54, 1.807) is 12.4 Å². The van der Waals surface area contributed by atoms with Gasteiger partial charge in [-0.05, 0) is 54.7 Å². The number of benzene rings is 1. The van der Waals surface area contributed by atoms with E-state index < -0.39 is 17.4 Å². The Morgan fingerprint density at radius 1 is 1.22 bits per heavy atom. The molecule has 32 heavy (non-hydrogen) atoms. The normalized spacial score (nSPS) is 15.8. The molecule has 0 N–H and O–H groups in total. The summed E-state index contributed by atoms with van der Waals surface area (Å²) in [6.07, 6.45) is 2.95. The summed E-state index contributed by atoms with van der Waals surface area (Å²) in [5.74, 6) is 1.19. The molecule has 3 aromatic heterocycles. The molecule has 1 fully saturated rings. The largest absolute Gasteiger partial charge is 0.418 e. The topological polar surface area (TPSA) is 57.1 Å². The molecule has 1 saturated carbocycles. The second-order valence-corrected chi connectivity index (χ2v) is 9.08. The summed E-state index contributed by atoms with van der Waals surface area (Å²) in [4.78, 5) is 13.0. The first kappa shape index (κ1) is 21.0. The van der Waals surface area contributed by atoms with Gasteiger partial charge in [0.15, 0.2) is 0 Å². The van der Waals surface area contributed by atoms with Crippen molar-refractivity contribution in [3.05, 3.63) is 81.0 Å². The summed E-state index contributed by atoms with van der Waals surface area (Å²) in [7, 11) is 1.89. The predicted molar refractivity (Wildman–Crippen MR) is 116 cm³/mol. The highest BCUT2D eigenvalue weighted by Gasteiger charge is 2.35. The van der Waals surface area contributed by atoms with Crippen LogP contribution in [0.15, 0.2) is 58.3 Å². The van der Waals surface area contributed by atoms with Crippen molar-refractivity contribution in [1.29, 1.82) is 0 Å². The van der Waals surface area contributed by atoms with Gasteiger partial charge in [0.05, 0.1) is 16.8 Å². The van der Waals surface area contributed by atoms with E-state index in [9.17, 15) is 18.0 Å². The molecular formula is C22H19BrF3N5O. The molecule has 0 aliphatic heterocycles. The smallest absolute Gasteiger partial charge is 0.320 e. The lowest BCUT2D eigenvalue weighted by Crippen LogP contribution is -2.24. The minimum atomic E-state index is -4.56. The van der Waals surface area contributed by atoms with Crippen molar-refractivity contribution in [2.75, 3.05) is 0 Å². The highest BCUT2D eigenvalue weighted by molar-refractivity contribution is 9.10. The summed E-state index contributed by atoms with van der Waals surface area (Å²) < 4.78 is 45.3. The third-order valence-corrected chi connectivity index (χ3v) is 6.65. The van der Waals surface area contributed by atoms with Crippen LogP contribution in [0.3, 0.4) is 0 Å². The highest BCUT2D eigenvalue weighted by atomic mass is 79.9. The molecule has 0 saturated heterocycles. The molecule has 0 spiro atoms. The van der Waals surface area contributed by atoms with Crippen molar-refractivity contribution in [2.45, 2.75) is 31.4 Å². The van der Waals surface area contributed by atoms with Gasteiger partial charge < -0.3 is 4.57 Å². The average Bonchev–Trinajstić information content (AvgIpc) is 3.26. The molecule has 1 aliphatic carbocycles. The second kappa shape index (κ2) is 7.61. The van der Waals surface area contributed by atoms with Crippen LogP contribution in [0, 0.1) is 5.92 Å². The SMILES string of the molecule is Cn1cnnc1C(c1cc(Br)cc(-n2cc3c(C(F)(F)F)cccn3c2=O)c1)C1CCC1. The molecule has 3 heterocycles. The van der Waals surface area contributed by atoms with E-state index in [1.165, 1.54) is 23.0 Å². The number of aromatic nitrogens is 5. The van der Waals surface area contributed by atoms with E-state index in [0.29, 0.717) is 11.6 Å². The molecule has 1 aliphatic rings. The summed E-state index contributed by atoms with van der Waals surface area (Å²) >= 11 is 3.52. The molecule has 6 nitrogen and oxygen atoms in total. The Bertz CT molecular complexity index is 1370. The lowest BCUT2D eigenvalue weighted by atomic mass is 9.72. The lowest BCUT2D eigenvalue weighted by molar-refractivity contribution is -0.136. The van der Waals surface area contributed by atoms with Crippen molar-refractivity contribution < 1.29 is 13.2 Å². The summed E-state index contributed by atoms with van der Waals surface area (Å²) in [5, 5.41) is 8.34. The molecule has 0 radical (unpaired) electrons. The number of hydrogen-bond donors (Lipinski definition) is 0. The number of fused-ring (bicyclic) bond motifs is 1. The zero-order valence-electron chi connectivity index (χ0n) is 17.1. The standard InChI is InChI=1S/C22H19BrF3N5O/c1-29-12-27-28-20(29)19(13-4-2-5-13)14-8-15(23)10-16(9-14)31-11-18-17(22(24,25)26)6-3-7-30(18)21(31)32/h3,6-13,19H,2,4-5H2,1H3. The van der Waals surface area contributed by atoms with Crippen LogP contribution in [0.25, 0.3) is 11.2 Å². The van der Waals surface area contributed by atoms with E-state index in [2.05, 4.69) is 26.1 Å². The van der Waals surface area contributed by atoms with Gasteiger partial charge >= 0.3 is 11.9 Å². The van der Waals surface area contributed by atoms with E-state index >= 15 is 0 Å². The molecule has 0 bridgehead atoms. The van der Waals surface area contributed by atoms with Gasteiger partial charge in [-0.2, -0.15) is 13.2 Å².